The molecule has 0 spiro atoms. The van der Waals surface area contributed by atoms with Crippen molar-refractivity contribution >= 4 is 16.5 Å². The van der Waals surface area contributed by atoms with Gasteiger partial charge in [0.15, 0.2) is 0 Å². The van der Waals surface area contributed by atoms with Crippen LogP contribution in [0.1, 0.15) is 41.5 Å². The number of hydrogen-bond acceptors (Lipinski definition) is 1. The highest BCUT2D eigenvalue weighted by Gasteiger charge is 2.32. The molecule has 0 fully saturated rings. The van der Waals surface area contributed by atoms with Crippen molar-refractivity contribution in [1.82, 2.24) is 10.2 Å². The number of fused-ring (bicyclic) bond motifs is 3. The number of H-pyrrole nitrogens is 1. The first kappa shape index (κ1) is 16.9. The van der Waals surface area contributed by atoms with Gasteiger partial charge in [0.05, 0.1) is 18.1 Å². The first-order valence-electron chi connectivity index (χ1n) is 8.73. The van der Waals surface area contributed by atoms with Gasteiger partial charge in [0.1, 0.15) is 0 Å². The molecule has 0 unspecified atom stereocenters. The number of aromatic nitrogens is 2. The molecule has 1 aliphatic carbocycles. The average molecular weight is 356 g/mol. The summed E-state index contributed by atoms with van der Waals surface area (Å²) in [5.41, 5.74) is 6.06. The lowest BCUT2D eigenvalue weighted by Gasteiger charge is -2.18. The smallest absolute Gasteiger partial charge is 0.278 e. The third-order valence-corrected chi connectivity index (χ3v) is 5.02. The lowest BCUT2D eigenvalue weighted by molar-refractivity contribution is -0.127. The highest BCUT2D eigenvalue weighted by Crippen LogP contribution is 2.41. The van der Waals surface area contributed by atoms with Crippen molar-refractivity contribution in [3.05, 3.63) is 70.4 Å². The second-order valence-corrected chi connectivity index (χ2v) is 6.91. The molecule has 134 valence electrons. The molecule has 5 heteroatoms. The highest BCUT2D eigenvalue weighted by atomic mass is 19.4. The molecule has 3 aromatic rings. The van der Waals surface area contributed by atoms with Crippen LogP contribution in [0.5, 0.6) is 0 Å². The first-order valence-corrected chi connectivity index (χ1v) is 8.73. The van der Waals surface area contributed by atoms with E-state index in [1.165, 1.54) is 0 Å². The fourth-order valence-corrected chi connectivity index (χ4v) is 3.87. The number of benzene rings is 2. The molecule has 0 aliphatic heterocycles. The molecule has 1 heterocycles. The zero-order valence-corrected chi connectivity index (χ0v) is 14.5. The quantitative estimate of drug-likeness (QED) is 0.603. The van der Waals surface area contributed by atoms with Gasteiger partial charge in [-0.2, -0.15) is 18.3 Å². The summed E-state index contributed by atoms with van der Waals surface area (Å²) in [6.07, 6.45) is -1.39. The van der Waals surface area contributed by atoms with E-state index < -0.39 is 12.6 Å². The van der Waals surface area contributed by atoms with E-state index >= 15 is 0 Å². The van der Waals surface area contributed by atoms with E-state index in [9.17, 15) is 13.2 Å². The van der Waals surface area contributed by atoms with Crippen LogP contribution in [0.3, 0.4) is 0 Å². The average Bonchev–Trinajstić information content (AvgIpc) is 2.98. The van der Waals surface area contributed by atoms with Crippen LogP contribution in [0, 0.1) is 6.92 Å². The lowest BCUT2D eigenvalue weighted by atomic mass is 9.88. The maximum atomic E-state index is 13.3. The summed E-state index contributed by atoms with van der Waals surface area (Å²) in [4.78, 5) is 0. The standard InChI is InChI=1S/C21H19F3N2/c1-13-5-7-14(8-6-13)20-15(11-21(22,23)24)3-2-4-16-17(20)9-10-19-18(16)12-25-26-19/h5-10,12H,2-4,11H2,1H3,(H,25,26). The van der Waals surface area contributed by atoms with Gasteiger partial charge in [-0.05, 0) is 54.5 Å². The van der Waals surface area contributed by atoms with Gasteiger partial charge in [-0.3, -0.25) is 5.10 Å². The predicted octanol–water partition coefficient (Wildman–Crippen LogP) is 5.96. The van der Waals surface area contributed by atoms with Crippen LogP contribution in [0.2, 0.25) is 0 Å². The highest BCUT2D eigenvalue weighted by molar-refractivity contribution is 5.92. The van der Waals surface area contributed by atoms with Crippen molar-refractivity contribution in [3.8, 4) is 0 Å². The van der Waals surface area contributed by atoms with Crippen molar-refractivity contribution < 1.29 is 13.2 Å². The van der Waals surface area contributed by atoms with Gasteiger partial charge in [0.25, 0.3) is 0 Å². The number of hydrogen-bond donors (Lipinski definition) is 1. The number of nitrogens with one attached hydrogen (secondary N) is 1. The summed E-state index contributed by atoms with van der Waals surface area (Å²) in [5.74, 6) is 0. The zero-order chi connectivity index (χ0) is 18.3. The van der Waals surface area contributed by atoms with Crippen LogP contribution in [-0.4, -0.2) is 16.4 Å². The normalized spacial score (nSPS) is 15.2. The van der Waals surface area contributed by atoms with Crippen LogP contribution in [-0.2, 0) is 6.42 Å². The van der Waals surface area contributed by atoms with E-state index in [2.05, 4.69) is 10.2 Å². The molecular formula is C21H19F3N2. The van der Waals surface area contributed by atoms with Crippen LogP contribution in [0.4, 0.5) is 13.2 Å². The molecule has 1 aromatic heterocycles. The van der Waals surface area contributed by atoms with Gasteiger partial charge < -0.3 is 0 Å². The van der Waals surface area contributed by atoms with E-state index in [-0.39, 0.29) is 0 Å². The topological polar surface area (TPSA) is 28.7 Å². The fourth-order valence-electron chi connectivity index (χ4n) is 3.87. The summed E-state index contributed by atoms with van der Waals surface area (Å²) in [6, 6.07) is 11.6. The molecule has 26 heavy (non-hydrogen) atoms. The van der Waals surface area contributed by atoms with Crippen LogP contribution >= 0.6 is 0 Å². The predicted molar refractivity (Wildman–Crippen MR) is 96.9 cm³/mol. The molecule has 1 N–H and O–H groups in total. The molecule has 0 atom stereocenters. The Morgan fingerprint density at radius 1 is 1.04 bits per heavy atom. The Bertz CT molecular complexity index is 979. The van der Waals surface area contributed by atoms with Gasteiger partial charge in [-0.15, -0.1) is 0 Å². The van der Waals surface area contributed by atoms with Crippen LogP contribution in [0.25, 0.3) is 16.5 Å². The Morgan fingerprint density at radius 3 is 2.54 bits per heavy atom. The number of aryl methyl sites for hydroxylation is 2. The molecule has 1 aliphatic rings. The summed E-state index contributed by atoms with van der Waals surface area (Å²) >= 11 is 0. The molecule has 0 amide bonds. The number of allylic oxidation sites excluding steroid dienone is 1. The minimum atomic E-state index is -4.21. The maximum Gasteiger partial charge on any atom is 0.392 e. The number of alkyl halides is 3. The number of halogens is 3. The van der Waals surface area contributed by atoms with Crippen molar-refractivity contribution in [3.63, 3.8) is 0 Å². The molecule has 0 saturated carbocycles. The summed E-state index contributed by atoms with van der Waals surface area (Å²) in [5, 5.41) is 8.06. The van der Waals surface area contributed by atoms with E-state index in [1.54, 1.807) is 6.20 Å². The second-order valence-electron chi connectivity index (χ2n) is 6.91. The molecule has 2 aromatic carbocycles. The molecule has 0 radical (unpaired) electrons. The SMILES string of the molecule is Cc1ccc(C2=C(CC(F)(F)F)CCCc3c2ccc2[nH]ncc32)cc1. The first-order chi connectivity index (χ1) is 12.4. The largest absolute Gasteiger partial charge is 0.392 e. The summed E-state index contributed by atoms with van der Waals surface area (Å²) in [6.45, 7) is 1.98. The zero-order valence-electron chi connectivity index (χ0n) is 14.5. The van der Waals surface area contributed by atoms with Gasteiger partial charge in [-0.25, -0.2) is 0 Å². The Hall–Kier alpha value is -2.56. The van der Waals surface area contributed by atoms with E-state index in [0.29, 0.717) is 18.4 Å². The Kier molecular flexibility index (Phi) is 4.10. The van der Waals surface area contributed by atoms with Gasteiger partial charge in [0, 0.05) is 5.39 Å². The van der Waals surface area contributed by atoms with E-state index in [4.69, 9.17) is 0 Å². The molecule has 0 bridgehead atoms. The van der Waals surface area contributed by atoms with Crippen molar-refractivity contribution in [2.45, 2.75) is 38.8 Å². The van der Waals surface area contributed by atoms with Crippen molar-refractivity contribution in [2.24, 2.45) is 0 Å². The maximum absolute atomic E-state index is 13.3. The monoisotopic (exact) mass is 356 g/mol. The summed E-state index contributed by atoms with van der Waals surface area (Å²) in [7, 11) is 0. The Labute approximate surface area is 149 Å². The van der Waals surface area contributed by atoms with Gasteiger partial charge in [0.2, 0.25) is 0 Å². The number of rotatable bonds is 2. The van der Waals surface area contributed by atoms with Crippen molar-refractivity contribution in [1.29, 1.82) is 0 Å². The minimum absolute atomic E-state index is 0.455. The number of aromatic amines is 1. The molecule has 2 nitrogen and oxygen atoms in total. The Balaban J connectivity index is 1.98. The molecule has 0 saturated heterocycles. The fraction of sp³-hybridized carbons (Fsp3) is 0.286. The Morgan fingerprint density at radius 2 is 1.81 bits per heavy atom. The number of nitrogens with zero attached hydrogens (tertiary/aromatic N) is 1. The molecular weight excluding hydrogens is 337 g/mol. The third-order valence-electron chi connectivity index (χ3n) is 5.02. The van der Waals surface area contributed by atoms with Gasteiger partial charge in [-0.1, -0.05) is 41.5 Å². The van der Waals surface area contributed by atoms with E-state index in [1.807, 2.05) is 43.3 Å². The lowest BCUT2D eigenvalue weighted by Crippen LogP contribution is -2.10. The second kappa shape index (κ2) is 6.31. The molecule has 4 rings (SSSR count). The van der Waals surface area contributed by atoms with E-state index in [0.717, 1.165) is 45.2 Å². The van der Waals surface area contributed by atoms with Crippen LogP contribution in [0.15, 0.2) is 48.2 Å². The third kappa shape index (κ3) is 3.14. The minimum Gasteiger partial charge on any atom is -0.278 e. The van der Waals surface area contributed by atoms with Gasteiger partial charge >= 0.3 is 6.18 Å². The summed E-state index contributed by atoms with van der Waals surface area (Å²) < 4.78 is 39.8. The van der Waals surface area contributed by atoms with Crippen molar-refractivity contribution in [2.75, 3.05) is 0 Å². The van der Waals surface area contributed by atoms with Crippen LogP contribution < -0.4 is 0 Å².